The largest absolute Gasteiger partial charge is 0.340 e. The monoisotopic (exact) mass is 326 g/mol. The van der Waals surface area contributed by atoms with Gasteiger partial charge in [-0.1, -0.05) is 12.1 Å². The summed E-state index contributed by atoms with van der Waals surface area (Å²) in [6.07, 6.45) is 7.29. The van der Waals surface area contributed by atoms with Gasteiger partial charge < -0.3 is 5.32 Å². The minimum Gasteiger partial charge on any atom is -0.340 e. The number of carbonyl (C=O) groups is 1. The Labute approximate surface area is 136 Å². The van der Waals surface area contributed by atoms with Crippen LogP contribution >= 0.6 is 0 Å². The lowest BCUT2D eigenvalue weighted by molar-refractivity contribution is 0.0937. The molecule has 1 aromatic carbocycles. The molecule has 0 aliphatic rings. The van der Waals surface area contributed by atoms with E-state index in [0.29, 0.717) is 11.1 Å². The molecule has 0 unspecified atom stereocenters. The number of nitrogens with zero attached hydrogens (tertiary/aromatic N) is 3. The van der Waals surface area contributed by atoms with E-state index in [1.54, 1.807) is 24.5 Å². The molecular formula is C17H12F2N4O. The molecule has 2 heterocycles. The van der Waals surface area contributed by atoms with E-state index in [0.717, 1.165) is 12.1 Å². The number of aromatic nitrogens is 3. The molecule has 5 nitrogen and oxygen atoms in total. The molecule has 0 saturated carbocycles. The Hall–Kier alpha value is -3.22. The zero-order valence-corrected chi connectivity index (χ0v) is 12.4. The summed E-state index contributed by atoms with van der Waals surface area (Å²) in [5, 5.41) is 2.74. The number of rotatable bonds is 4. The van der Waals surface area contributed by atoms with Crippen LogP contribution in [0.2, 0.25) is 0 Å². The second-order valence-corrected chi connectivity index (χ2v) is 4.96. The highest BCUT2D eigenvalue weighted by Gasteiger charge is 2.20. The highest BCUT2D eigenvalue weighted by Crippen LogP contribution is 2.23. The van der Waals surface area contributed by atoms with Crippen LogP contribution < -0.4 is 5.32 Å². The second kappa shape index (κ2) is 6.91. The van der Waals surface area contributed by atoms with Crippen molar-refractivity contribution in [2.24, 2.45) is 0 Å². The van der Waals surface area contributed by atoms with Crippen molar-refractivity contribution < 1.29 is 13.6 Å². The lowest BCUT2D eigenvalue weighted by atomic mass is 9.99. The number of hydrogen-bond donors (Lipinski definition) is 1. The first-order chi connectivity index (χ1) is 11.6. The molecule has 24 heavy (non-hydrogen) atoms. The predicted molar refractivity (Wildman–Crippen MR) is 81.9 cm³/mol. The van der Waals surface area contributed by atoms with Crippen LogP contribution in [0.3, 0.4) is 0 Å². The van der Waals surface area contributed by atoms with Gasteiger partial charge in [-0.3, -0.25) is 14.8 Å². The van der Waals surface area contributed by atoms with Crippen LogP contribution in [0.4, 0.5) is 8.78 Å². The van der Waals surface area contributed by atoms with Gasteiger partial charge in [0.15, 0.2) is 11.6 Å². The maximum absolute atomic E-state index is 13.6. The summed E-state index contributed by atoms with van der Waals surface area (Å²) in [6.45, 7) is 0. The molecule has 3 aromatic rings. The number of amides is 1. The van der Waals surface area contributed by atoms with E-state index >= 15 is 0 Å². The van der Waals surface area contributed by atoms with Gasteiger partial charge in [0.25, 0.3) is 5.91 Å². The summed E-state index contributed by atoms with van der Waals surface area (Å²) < 4.78 is 26.8. The number of halogens is 2. The maximum atomic E-state index is 13.6. The predicted octanol–water partition coefficient (Wildman–Crippen LogP) is 2.67. The average molecular weight is 326 g/mol. The molecule has 1 N–H and O–H groups in total. The Morgan fingerprint density at radius 1 is 0.958 bits per heavy atom. The van der Waals surface area contributed by atoms with Gasteiger partial charge in [-0.05, 0) is 29.3 Å². The fraction of sp³-hybridized carbons (Fsp3) is 0.0588. The van der Waals surface area contributed by atoms with Crippen molar-refractivity contribution in [3.8, 4) is 0 Å². The summed E-state index contributed by atoms with van der Waals surface area (Å²) in [7, 11) is 0. The number of hydrogen-bond acceptors (Lipinski definition) is 4. The first-order valence-electron chi connectivity index (χ1n) is 7.07. The van der Waals surface area contributed by atoms with Crippen molar-refractivity contribution in [2.45, 2.75) is 6.04 Å². The molecule has 1 amide bonds. The Morgan fingerprint density at radius 2 is 1.79 bits per heavy atom. The third kappa shape index (κ3) is 3.40. The molecule has 0 fully saturated rings. The minimum atomic E-state index is -0.991. The summed E-state index contributed by atoms with van der Waals surface area (Å²) in [5.74, 6) is -2.43. The molecule has 0 aliphatic carbocycles. The van der Waals surface area contributed by atoms with Crippen LogP contribution in [-0.4, -0.2) is 20.9 Å². The lowest BCUT2D eigenvalue weighted by Gasteiger charge is -2.19. The quantitative estimate of drug-likeness (QED) is 0.800. The van der Waals surface area contributed by atoms with Gasteiger partial charge in [0, 0.05) is 24.8 Å². The number of nitrogens with one attached hydrogen (secondary N) is 1. The molecule has 0 bridgehead atoms. The summed E-state index contributed by atoms with van der Waals surface area (Å²) >= 11 is 0. The molecule has 2 aromatic heterocycles. The molecule has 0 saturated heterocycles. The standard InChI is InChI=1S/C17H12F2N4O/c18-13-4-3-11(8-14(13)19)16(12-2-1-5-20-9-12)23-17(24)15-10-21-6-7-22-15/h1-10,16H,(H,23,24)/t16-/m0/s1. The van der Waals surface area contributed by atoms with Gasteiger partial charge in [-0.15, -0.1) is 0 Å². The molecule has 3 rings (SSSR count). The van der Waals surface area contributed by atoms with E-state index in [1.807, 2.05) is 0 Å². The smallest absolute Gasteiger partial charge is 0.272 e. The summed E-state index contributed by atoms with van der Waals surface area (Å²) in [5.41, 5.74) is 1.13. The van der Waals surface area contributed by atoms with Crippen molar-refractivity contribution in [1.29, 1.82) is 0 Å². The van der Waals surface area contributed by atoms with Gasteiger partial charge in [0.1, 0.15) is 5.69 Å². The number of pyridine rings is 1. The topological polar surface area (TPSA) is 67.8 Å². The Kier molecular flexibility index (Phi) is 4.51. The fourth-order valence-electron chi connectivity index (χ4n) is 2.22. The van der Waals surface area contributed by atoms with Crippen LogP contribution in [-0.2, 0) is 0 Å². The third-order valence-electron chi connectivity index (χ3n) is 3.37. The molecule has 0 spiro atoms. The molecule has 120 valence electrons. The average Bonchev–Trinajstić information content (AvgIpc) is 2.63. The third-order valence-corrected chi connectivity index (χ3v) is 3.37. The van der Waals surface area contributed by atoms with Gasteiger partial charge in [-0.2, -0.15) is 0 Å². The molecule has 1 atom stereocenters. The molecule has 0 radical (unpaired) electrons. The van der Waals surface area contributed by atoms with E-state index < -0.39 is 23.6 Å². The van der Waals surface area contributed by atoms with E-state index in [9.17, 15) is 13.6 Å². The molecule has 0 aliphatic heterocycles. The maximum Gasteiger partial charge on any atom is 0.272 e. The van der Waals surface area contributed by atoms with Gasteiger partial charge in [0.05, 0.1) is 12.2 Å². The Morgan fingerprint density at radius 3 is 2.46 bits per heavy atom. The Balaban J connectivity index is 1.96. The van der Waals surface area contributed by atoms with Crippen LogP contribution in [0.15, 0.2) is 61.3 Å². The fourth-order valence-corrected chi connectivity index (χ4v) is 2.22. The highest BCUT2D eigenvalue weighted by atomic mass is 19.2. The lowest BCUT2D eigenvalue weighted by Crippen LogP contribution is -2.30. The number of carbonyl (C=O) groups excluding carboxylic acids is 1. The van der Waals surface area contributed by atoms with Crippen LogP contribution in [0.25, 0.3) is 0 Å². The zero-order valence-electron chi connectivity index (χ0n) is 12.4. The summed E-state index contributed by atoms with van der Waals surface area (Å²) in [4.78, 5) is 24.1. The van der Waals surface area contributed by atoms with E-state index in [-0.39, 0.29) is 5.69 Å². The van der Waals surface area contributed by atoms with Crippen molar-refractivity contribution in [1.82, 2.24) is 20.3 Å². The highest BCUT2D eigenvalue weighted by molar-refractivity contribution is 5.92. The van der Waals surface area contributed by atoms with Crippen molar-refractivity contribution in [3.63, 3.8) is 0 Å². The summed E-state index contributed by atoms with van der Waals surface area (Å²) in [6, 6.07) is 6.19. The van der Waals surface area contributed by atoms with Gasteiger partial charge >= 0.3 is 0 Å². The zero-order chi connectivity index (χ0) is 16.9. The first-order valence-corrected chi connectivity index (χ1v) is 7.07. The molecule has 7 heteroatoms. The van der Waals surface area contributed by atoms with E-state index in [2.05, 4.69) is 20.3 Å². The van der Waals surface area contributed by atoms with E-state index in [4.69, 9.17) is 0 Å². The van der Waals surface area contributed by atoms with Crippen LogP contribution in [0.5, 0.6) is 0 Å². The van der Waals surface area contributed by atoms with Crippen LogP contribution in [0, 0.1) is 11.6 Å². The van der Waals surface area contributed by atoms with Gasteiger partial charge in [-0.25, -0.2) is 13.8 Å². The van der Waals surface area contributed by atoms with Crippen molar-refractivity contribution in [2.75, 3.05) is 0 Å². The van der Waals surface area contributed by atoms with Crippen molar-refractivity contribution >= 4 is 5.91 Å². The minimum absolute atomic E-state index is 0.119. The van der Waals surface area contributed by atoms with Gasteiger partial charge in [0.2, 0.25) is 0 Å². The normalized spacial score (nSPS) is 11.8. The Bertz CT molecular complexity index is 844. The van der Waals surface area contributed by atoms with Crippen molar-refractivity contribution in [3.05, 3.63) is 89.8 Å². The van der Waals surface area contributed by atoms with E-state index in [1.165, 1.54) is 24.7 Å². The first kappa shape index (κ1) is 15.7. The SMILES string of the molecule is O=C(N[C@H](c1cccnc1)c1ccc(F)c(F)c1)c1cnccn1. The van der Waals surface area contributed by atoms with Crippen LogP contribution in [0.1, 0.15) is 27.7 Å². The number of benzene rings is 1. The molecular weight excluding hydrogens is 314 g/mol. The second-order valence-electron chi connectivity index (χ2n) is 4.96.